The van der Waals surface area contributed by atoms with E-state index in [9.17, 15) is 0 Å². The molecule has 0 radical (unpaired) electrons. The molecule has 0 aliphatic carbocycles. The average molecular weight is 216 g/mol. The van der Waals surface area contributed by atoms with Crippen molar-refractivity contribution in [3.05, 3.63) is 41.6 Å². The Balaban J connectivity index is 1.85. The van der Waals surface area contributed by atoms with E-state index in [-0.39, 0.29) is 0 Å². The van der Waals surface area contributed by atoms with E-state index in [2.05, 4.69) is 10.4 Å². The van der Waals surface area contributed by atoms with Crippen molar-refractivity contribution in [2.24, 2.45) is 7.05 Å². The maximum atomic E-state index is 8.59. The van der Waals surface area contributed by atoms with Crippen molar-refractivity contribution in [1.29, 1.82) is 5.26 Å². The Morgan fingerprint density at radius 2 is 2.31 bits per heavy atom. The first-order valence-electron chi connectivity index (χ1n) is 4.96. The first kappa shape index (κ1) is 10.5. The van der Waals surface area contributed by atoms with E-state index in [4.69, 9.17) is 9.68 Å². The topological polar surface area (TPSA) is 66.8 Å². The predicted molar refractivity (Wildman–Crippen MR) is 57.2 cm³/mol. The van der Waals surface area contributed by atoms with Gasteiger partial charge in [0.15, 0.2) is 0 Å². The van der Waals surface area contributed by atoms with E-state index < -0.39 is 0 Å². The lowest BCUT2D eigenvalue weighted by Gasteiger charge is -2.02. The quantitative estimate of drug-likeness (QED) is 0.833. The summed E-state index contributed by atoms with van der Waals surface area (Å²) in [7, 11) is 1.90. The minimum atomic E-state index is 0.345. The van der Waals surface area contributed by atoms with Gasteiger partial charge in [-0.25, -0.2) is 0 Å². The molecule has 0 spiro atoms. The largest absolute Gasteiger partial charge is 0.449 e. The third kappa shape index (κ3) is 2.30. The molecule has 0 aromatic carbocycles. The van der Waals surface area contributed by atoms with Crippen molar-refractivity contribution in [2.75, 3.05) is 0 Å². The molecule has 2 rings (SSSR count). The highest BCUT2D eigenvalue weighted by Crippen LogP contribution is 2.06. The van der Waals surface area contributed by atoms with Gasteiger partial charge in [0.05, 0.1) is 12.2 Å². The molecule has 0 bridgehead atoms. The van der Waals surface area contributed by atoms with Gasteiger partial charge in [0.2, 0.25) is 5.76 Å². The standard InChI is InChI=1S/C11H12N4O/c1-15-9(4-5-14-15)7-13-8-11-3-2-10(6-12)16-11/h2-5,13H,7-8H2,1H3. The van der Waals surface area contributed by atoms with Crippen molar-refractivity contribution in [3.63, 3.8) is 0 Å². The highest BCUT2D eigenvalue weighted by Gasteiger charge is 2.01. The maximum absolute atomic E-state index is 8.59. The van der Waals surface area contributed by atoms with Crippen LogP contribution >= 0.6 is 0 Å². The van der Waals surface area contributed by atoms with E-state index in [1.165, 1.54) is 0 Å². The summed E-state index contributed by atoms with van der Waals surface area (Å²) in [4.78, 5) is 0. The third-order valence-corrected chi connectivity index (χ3v) is 2.30. The molecule has 0 aliphatic rings. The van der Waals surface area contributed by atoms with E-state index in [1.807, 2.05) is 23.9 Å². The molecule has 5 nitrogen and oxygen atoms in total. The Kier molecular flexibility index (Phi) is 3.03. The molecule has 0 saturated carbocycles. The van der Waals surface area contributed by atoms with Crippen LogP contribution in [-0.4, -0.2) is 9.78 Å². The fourth-order valence-corrected chi connectivity index (χ4v) is 1.42. The van der Waals surface area contributed by atoms with Gasteiger partial charge in [-0.2, -0.15) is 10.4 Å². The number of aromatic nitrogens is 2. The fourth-order valence-electron chi connectivity index (χ4n) is 1.42. The molecule has 0 fully saturated rings. The molecular weight excluding hydrogens is 204 g/mol. The molecule has 0 amide bonds. The molecule has 2 aromatic rings. The van der Waals surface area contributed by atoms with Gasteiger partial charge < -0.3 is 9.73 Å². The van der Waals surface area contributed by atoms with Crippen LogP contribution in [0.5, 0.6) is 0 Å². The number of nitrogens with one attached hydrogen (secondary N) is 1. The van der Waals surface area contributed by atoms with Crippen LogP contribution in [0.4, 0.5) is 0 Å². The number of hydrogen-bond acceptors (Lipinski definition) is 4. The second-order valence-electron chi connectivity index (χ2n) is 3.43. The number of nitrogens with zero attached hydrogens (tertiary/aromatic N) is 3. The van der Waals surface area contributed by atoms with E-state index in [0.29, 0.717) is 12.3 Å². The summed E-state index contributed by atoms with van der Waals surface area (Å²) in [6.45, 7) is 1.33. The van der Waals surface area contributed by atoms with Crippen LogP contribution in [0, 0.1) is 11.3 Å². The molecule has 2 aromatic heterocycles. The van der Waals surface area contributed by atoms with Crippen LogP contribution < -0.4 is 5.32 Å². The molecule has 82 valence electrons. The first-order valence-corrected chi connectivity index (χ1v) is 4.96. The summed E-state index contributed by atoms with van der Waals surface area (Å²) in [5.74, 6) is 1.11. The molecule has 0 saturated heterocycles. The summed E-state index contributed by atoms with van der Waals surface area (Å²) < 4.78 is 7.05. The first-order chi connectivity index (χ1) is 7.79. The minimum Gasteiger partial charge on any atom is -0.449 e. The average Bonchev–Trinajstić information content (AvgIpc) is 2.89. The normalized spacial score (nSPS) is 10.2. The monoisotopic (exact) mass is 216 g/mol. The molecule has 0 unspecified atom stereocenters. The zero-order valence-electron chi connectivity index (χ0n) is 8.97. The maximum Gasteiger partial charge on any atom is 0.203 e. The van der Waals surface area contributed by atoms with Gasteiger partial charge in [0.1, 0.15) is 11.8 Å². The van der Waals surface area contributed by atoms with Crippen LogP contribution in [0.3, 0.4) is 0 Å². The summed E-state index contributed by atoms with van der Waals surface area (Å²) >= 11 is 0. The van der Waals surface area contributed by atoms with Gasteiger partial charge >= 0.3 is 0 Å². The lowest BCUT2D eigenvalue weighted by Crippen LogP contribution is -2.14. The smallest absolute Gasteiger partial charge is 0.203 e. The van der Waals surface area contributed by atoms with Crippen molar-refractivity contribution < 1.29 is 4.42 Å². The lowest BCUT2D eigenvalue weighted by molar-refractivity contribution is 0.470. The third-order valence-electron chi connectivity index (χ3n) is 2.30. The molecular formula is C11H12N4O. The van der Waals surface area contributed by atoms with Crippen molar-refractivity contribution >= 4 is 0 Å². The molecule has 16 heavy (non-hydrogen) atoms. The number of furan rings is 1. The van der Waals surface area contributed by atoms with E-state index in [0.717, 1.165) is 18.0 Å². The summed E-state index contributed by atoms with van der Waals surface area (Å²) in [5, 5.41) is 15.9. The molecule has 0 atom stereocenters. The van der Waals surface area contributed by atoms with Gasteiger partial charge in [-0.1, -0.05) is 0 Å². The molecule has 1 N–H and O–H groups in total. The highest BCUT2D eigenvalue weighted by molar-refractivity contribution is 5.19. The van der Waals surface area contributed by atoms with E-state index in [1.54, 1.807) is 18.3 Å². The second-order valence-corrected chi connectivity index (χ2v) is 3.43. The zero-order valence-corrected chi connectivity index (χ0v) is 8.97. The number of rotatable bonds is 4. The Labute approximate surface area is 93.3 Å². The molecule has 2 heterocycles. The second kappa shape index (κ2) is 4.64. The van der Waals surface area contributed by atoms with Crippen LogP contribution in [0.1, 0.15) is 17.2 Å². The van der Waals surface area contributed by atoms with Gasteiger partial charge in [0.25, 0.3) is 0 Å². The van der Waals surface area contributed by atoms with Gasteiger partial charge in [-0.05, 0) is 18.2 Å². The SMILES string of the molecule is Cn1nccc1CNCc1ccc(C#N)o1. The Morgan fingerprint density at radius 3 is 2.94 bits per heavy atom. The van der Waals surface area contributed by atoms with Crippen LogP contribution in [0.25, 0.3) is 0 Å². The number of aryl methyl sites for hydroxylation is 1. The lowest BCUT2D eigenvalue weighted by atomic mass is 10.4. The van der Waals surface area contributed by atoms with E-state index >= 15 is 0 Å². The summed E-state index contributed by atoms with van der Waals surface area (Å²) in [6.07, 6.45) is 1.76. The minimum absolute atomic E-state index is 0.345. The Hall–Kier alpha value is -2.06. The number of hydrogen-bond donors (Lipinski definition) is 1. The predicted octanol–water partition coefficient (Wildman–Crippen LogP) is 1.17. The Bertz CT molecular complexity index is 506. The van der Waals surface area contributed by atoms with Crippen LogP contribution in [0.2, 0.25) is 0 Å². The van der Waals surface area contributed by atoms with Crippen molar-refractivity contribution in [2.45, 2.75) is 13.1 Å². The summed E-state index contributed by atoms with van der Waals surface area (Å²) in [5.41, 5.74) is 1.10. The zero-order chi connectivity index (χ0) is 11.4. The molecule has 5 heteroatoms. The van der Waals surface area contributed by atoms with Crippen LogP contribution in [0.15, 0.2) is 28.8 Å². The fraction of sp³-hybridized carbons (Fsp3) is 0.273. The summed E-state index contributed by atoms with van der Waals surface area (Å²) in [6, 6.07) is 7.37. The number of nitriles is 1. The van der Waals surface area contributed by atoms with Gasteiger partial charge in [-0.3, -0.25) is 4.68 Å². The van der Waals surface area contributed by atoms with Gasteiger partial charge in [0, 0.05) is 19.8 Å². The van der Waals surface area contributed by atoms with Crippen LogP contribution in [-0.2, 0) is 20.1 Å². The van der Waals surface area contributed by atoms with Crippen molar-refractivity contribution in [3.8, 4) is 6.07 Å². The Morgan fingerprint density at radius 1 is 1.44 bits per heavy atom. The highest BCUT2D eigenvalue weighted by atomic mass is 16.3. The van der Waals surface area contributed by atoms with Crippen molar-refractivity contribution in [1.82, 2.24) is 15.1 Å². The van der Waals surface area contributed by atoms with Gasteiger partial charge in [-0.15, -0.1) is 0 Å². The molecule has 0 aliphatic heterocycles.